The molecule has 1 atom stereocenters. The summed E-state index contributed by atoms with van der Waals surface area (Å²) >= 11 is 0. The van der Waals surface area contributed by atoms with E-state index in [-0.39, 0.29) is 12.2 Å². The molecule has 3 rings (SSSR count). The molecule has 2 N–H and O–H groups in total. The number of benzene rings is 1. The molecule has 0 radical (unpaired) electrons. The number of carbonyl (C=O) groups excluding carboxylic acids is 1. The molecule has 0 spiro atoms. The Morgan fingerprint density at radius 2 is 1.90 bits per heavy atom. The summed E-state index contributed by atoms with van der Waals surface area (Å²) in [6, 6.07) is 7.96. The summed E-state index contributed by atoms with van der Waals surface area (Å²) in [7, 11) is 4.08. The zero-order valence-electron chi connectivity index (χ0n) is 12.6. The summed E-state index contributed by atoms with van der Waals surface area (Å²) in [6.07, 6.45) is 3.85. The zero-order valence-corrected chi connectivity index (χ0v) is 12.6. The fourth-order valence-electron chi connectivity index (χ4n) is 2.64. The maximum absolute atomic E-state index is 12.2. The molecule has 2 amide bonds. The van der Waals surface area contributed by atoms with Crippen LogP contribution in [0.5, 0.6) is 0 Å². The molecule has 110 valence electrons. The van der Waals surface area contributed by atoms with E-state index in [2.05, 4.69) is 33.7 Å². The first-order valence-corrected chi connectivity index (χ1v) is 7.03. The quantitative estimate of drug-likeness (QED) is 0.892. The SMILES string of the molecule is CC1=CC2=CN(c3ccc(CN(C)C)cc3)C(=O)NC2N1. The van der Waals surface area contributed by atoms with E-state index in [4.69, 9.17) is 0 Å². The molecule has 0 aliphatic carbocycles. The van der Waals surface area contributed by atoms with Crippen molar-refractivity contribution in [3.05, 3.63) is 53.4 Å². The Morgan fingerprint density at radius 3 is 2.57 bits per heavy atom. The number of nitrogens with zero attached hydrogens (tertiary/aromatic N) is 2. The Hall–Kier alpha value is -2.27. The molecule has 0 saturated carbocycles. The van der Waals surface area contributed by atoms with Crippen molar-refractivity contribution < 1.29 is 4.79 Å². The third-order valence-electron chi connectivity index (χ3n) is 3.57. The summed E-state index contributed by atoms with van der Waals surface area (Å²) in [5, 5.41) is 6.17. The van der Waals surface area contributed by atoms with Crippen LogP contribution in [-0.4, -0.2) is 31.2 Å². The molecular weight excluding hydrogens is 264 g/mol. The smallest absolute Gasteiger partial charge is 0.327 e. The topological polar surface area (TPSA) is 47.6 Å². The summed E-state index contributed by atoms with van der Waals surface area (Å²) in [5.41, 5.74) is 4.24. The van der Waals surface area contributed by atoms with Gasteiger partial charge in [0.2, 0.25) is 0 Å². The van der Waals surface area contributed by atoms with Crippen LogP contribution in [0, 0.1) is 0 Å². The largest absolute Gasteiger partial charge is 0.365 e. The third-order valence-corrected chi connectivity index (χ3v) is 3.57. The molecule has 5 heteroatoms. The van der Waals surface area contributed by atoms with E-state index in [0.717, 1.165) is 23.5 Å². The van der Waals surface area contributed by atoms with Crippen molar-refractivity contribution in [3.8, 4) is 0 Å². The number of nitrogens with one attached hydrogen (secondary N) is 2. The van der Waals surface area contributed by atoms with Gasteiger partial charge in [0.05, 0.1) is 5.69 Å². The maximum atomic E-state index is 12.2. The van der Waals surface area contributed by atoms with Gasteiger partial charge in [-0.05, 0) is 44.8 Å². The minimum absolute atomic E-state index is 0.0956. The van der Waals surface area contributed by atoms with Gasteiger partial charge < -0.3 is 15.5 Å². The summed E-state index contributed by atoms with van der Waals surface area (Å²) < 4.78 is 0. The van der Waals surface area contributed by atoms with Crippen LogP contribution in [0.15, 0.2) is 47.8 Å². The average molecular weight is 284 g/mol. The Morgan fingerprint density at radius 1 is 1.19 bits per heavy atom. The lowest BCUT2D eigenvalue weighted by Gasteiger charge is -2.29. The van der Waals surface area contributed by atoms with E-state index < -0.39 is 0 Å². The number of hydrogen-bond donors (Lipinski definition) is 2. The molecule has 5 nitrogen and oxygen atoms in total. The Bertz CT molecular complexity index is 616. The number of fused-ring (bicyclic) bond motifs is 1. The highest BCUT2D eigenvalue weighted by molar-refractivity contribution is 5.96. The summed E-state index contributed by atoms with van der Waals surface area (Å²) in [5.74, 6) is 0. The molecule has 1 unspecified atom stereocenters. The lowest BCUT2D eigenvalue weighted by molar-refractivity contribution is 0.244. The molecule has 2 aliphatic heterocycles. The highest BCUT2D eigenvalue weighted by Crippen LogP contribution is 2.24. The number of urea groups is 1. The number of carbonyl (C=O) groups is 1. The van der Waals surface area contributed by atoms with E-state index in [1.807, 2.05) is 39.4 Å². The van der Waals surface area contributed by atoms with Gasteiger partial charge in [0.1, 0.15) is 6.17 Å². The van der Waals surface area contributed by atoms with Crippen LogP contribution < -0.4 is 15.5 Å². The average Bonchev–Trinajstić information content (AvgIpc) is 2.77. The van der Waals surface area contributed by atoms with Gasteiger partial charge in [-0.3, -0.25) is 4.90 Å². The van der Waals surface area contributed by atoms with Crippen molar-refractivity contribution in [2.75, 3.05) is 19.0 Å². The van der Waals surface area contributed by atoms with Gasteiger partial charge in [-0.2, -0.15) is 0 Å². The number of hydrogen-bond acceptors (Lipinski definition) is 3. The van der Waals surface area contributed by atoms with Crippen molar-refractivity contribution in [1.82, 2.24) is 15.5 Å². The van der Waals surface area contributed by atoms with E-state index >= 15 is 0 Å². The zero-order chi connectivity index (χ0) is 15.0. The molecule has 1 aromatic rings. The van der Waals surface area contributed by atoms with Crippen molar-refractivity contribution in [3.63, 3.8) is 0 Å². The monoisotopic (exact) mass is 284 g/mol. The Labute approximate surface area is 124 Å². The lowest BCUT2D eigenvalue weighted by atomic mass is 10.1. The number of anilines is 1. The fraction of sp³-hybridized carbons (Fsp3) is 0.312. The minimum Gasteiger partial charge on any atom is -0.365 e. The van der Waals surface area contributed by atoms with Crippen molar-refractivity contribution in [1.29, 1.82) is 0 Å². The highest BCUT2D eigenvalue weighted by Gasteiger charge is 2.29. The maximum Gasteiger partial charge on any atom is 0.327 e. The standard InChI is InChI=1S/C16H20N4O/c1-11-8-13-10-20(16(21)18-15(13)17-11)14-6-4-12(5-7-14)9-19(2)3/h4-8,10,15,17H,9H2,1-3H3,(H,18,21). The predicted octanol–water partition coefficient (Wildman–Crippen LogP) is 1.99. The predicted molar refractivity (Wildman–Crippen MR) is 83.6 cm³/mol. The van der Waals surface area contributed by atoms with Gasteiger partial charge in [0.25, 0.3) is 0 Å². The second-order valence-corrected chi connectivity index (χ2v) is 5.76. The van der Waals surface area contributed by atoms with Crippen LogP contribution in [0.3, 0.4) is 0 Å². The third kappa shape index (κ3) is 2.78. The Balaban J connectivity index is 1.84. The van der Waals surface area contributed by atoms with Gasteiger partial charge in [0.15, 0.2) is 0 Å². The Kier molecular flexibility index (Phi) is 3.43. The van der Waals surface area contributed by atoms with Crippen LogP contribution in [0.2, 0.25) is 0 Å². The van der Waals surface area contributed by atoms with E-state index in [0.29, 0.717) is 0 Å². The molecular formula is C16H20N4O. The van der Waals surface area contributed by atoms with Crippen LogP contribution in [-0.2, 0) is 6.54 Å². The second-order valence-electron chi connectivity index (χ2n) is 5.76. The van der Waals surface area contributed by atoms with Gasteiger partial charge in [0, 0.05) is 24.0 Å². The van der Waals surface area contributed by atoms with E-state index in [1.165, 1.54) is 5.56 Å². The fourth-order valence-corrected chi connectivity index (χ4v) is 2.64. The lowest BCUT2D eigenvalue weighted by Crippen LogP contribution is -2.51. The second kappa shape index (κ2) is 5.26. The van der Waals surface area contributed by atoms with Crippen LogP contribution in [0.25, 0.3) is 0 Å². The number of amides is 2. The van der Waals surface area contributed by atoms with Crippen LogP contribution in [0.4, 0.5) is 10.5 Å². The van der Waals surface area contributed by atoms with E-state index in [9.17, 15) is 4.79 Å². The molecule has 0 aromatic heterocycles. The molecule has 2 heterocycles. The van der Waals surface area contributed by atoms with Gasteiger partial charge in [-0.1, -0.05) is 12.1 Å². The number of rotatable bonds is 3. The van der Waals surface area contributed by atoms with Gasteiger partial charge >= 0.3 is 6.03 Å². The van der Waals surface area contributed by atoms with Crippen molar-refractivity contribution >= 4 is 11.7 Å². The van der Waals surface area contributed by atoms with Gasteiger partial charge in [-0.25, -0.2) is 4.79 Å². The molecule has 0 fully saturated rings. The van der Waals surface area contributed by atoms with Crippen molar-refractivity contribution in [2.45, 2.75) is 19.6 Å². The first-order chi connectivity index (χ1) is 10.0. The molecule has 0 bridgehead atoms. The minimum atomic E-state index is -0.111. The first-order valence-electron chi connectivity index (χ1n) is 7.03. The molecule has 2 aliphatic rings. The summed E-state index contributed by atoms with van der Waals surface area (Å²) in [4.78, 5) is 16.0. The van der Waals surface area contributed by atoms with Crippen molar-refractivity contribution in [2.24, 2.45) is 0 Å². The first kappa shape index (κ1) is 13.7. The summed E-state index contributed by atoms with van der Waals surface area (Å²) in [6.45, 7) is 2.88. The van der Waals surface area contributed by atoms with Crippen LogP contribution in [0.1, 0.15) is 12.5 Å². The number of allylic oxidation sites excluding steroid dienone is 1. The molecule has 1 aromatic carbocycles. The van der Waals surface area contributed by atoms with Gasteiger partial charge in [-0.15, -0.1) is 0 Å². The van der Waals surface area contributed by atoms with Crippen LogP contribution >= 0.6 is 0 Å². The highest BCUT2D eigenvalue weighted by atomic mass is 16.2. The molecule has 21 heavy (non-hydrogen) atoms. The van der Waals surface area contributed by atoms with E-state index in [1.54, 1.807) is 4.90 Å². The molecule has 0 saturated heterocycles. The normalized spacial score (nSPS) is 20.7.